The molecule has 3 N–H and O–H groups in total. The highest BCUT2D eigenvalue weighted by Gasteiger charge is 2.16. The van der Waals surface area contributed by atoms with Crippen molar-refractivity contribution in [2.45, 2.75) is 6.10 Å². The molecule has 0 spiro atoms. The lowest BCUT2D eigenvalue weighted by atomic mass is 10.1. The Morgan fingerprint density at radius 3 is 2.86 bits per heavy atom. The second-order valence-electron chi connectivity index (χ2n) is 4.74. The monoisotopic (exact) mass is 316 g/mol. The minimum Gasteiger partial charge on any atom is -0.387 e. The van der Waals surface area contributed by atoms with E-state index in [9.17, 15) is 9.90 Å². The molecule has 7 heteroatoms. The van der Waals surface area contributed by atoms with Gasteiger partial charge in [-0.1, -0.05) is 35.9 Å². The highest BCUT2D eigenvalue weighted by atomic mass is 35.5. The van der Waals surface area contributed by atoms with Crippen molar-refractivity contribution in [3.63, 3.8) is 0 Å². The van der Waals surface area contributed by atoms with Crippen molar-refractivity contribution in [2.75, 3.05) is 6.54 Å². The lowest BCUT2D eigenvalue weighted by Crippen LogP contribution is -2.28. The number of nitrogens with one attached hydrogen (secondary N) is 2. The van der Waals surface area contributed by atoms with Gasteiger partial charge in [-0.3, -0.25) is 4.79 Å². The number of para-hydroxylation sites is 1. The normalized spacial score (nSPS) is 12.3. The van der Waals surface area contributed by atoms with Gasteiger partial charge < -0.3 is 10.4 Å². The van der Waals surface area contributed by atoms with E-state index in [1.165, 1.54) is 0 Å². The standard InChI is InChI=1S/C15H13ClN4O2/c16-11-6-2-1-4-9(11)13(21)8-17-15(22)10-5-3-7-12-14(10)19-20-18-12/h1-7,13,21H,8H2,(H,17,22)(H,18,19,20)/t13-/m0/s1. The Hall–Kier alpha value is -2.44. The molecule has 0 bridgehead atoms. The van der Waals surface area contributed by atoms with Crippen LogP contribution in [0, 0.1) is 0 Å². The van der Waals surface area contributed by atoms with E-state index in [0.717, 1.165) is 0 Å². The minimum atomic E-state index is -0.880. The third-order valence-electron chi connectivity index (χ3n) is 3.31. The molecule has 1 amide bonds. The third-order valence-corrected chi connectivity index (χ3v) is 3.66. The minimum absolute atomic E-state index is 0.0524. The molecule has 3 aromatic rings. The Labute approximate surface area is 131 Å². The Morgan fingerprint density at radius 1 is 1.23 bits per heavy atom. The van der Waals surface area contributed by atoms with E-state index in [2.05, 4.69) is 20.7 Å². The first kappa shape index (κ1) is 14.5. The summed E-state index contributed by atoms with van der Waals surface area (Å²) < 4.78 is 0. The van der Waals surface area contributed by atoms with Gasteiger partial charge in [0.2, 0.25) is 0 Å². The Balaban J connectivity index is 1.73. The molecule has 0 saturated heterocycles. The van der Waals surface area contributed by atoms with Gasteiger partial charge in [0, 0.05) is 17.1 Å². The first-order valence-electron chi connectivity index (χ1n) is 6.67. The number of hydrogen-bond donors (Lipinski definition) is 3. The van der Waals surface area contributed by atoms with Gasteiger partial charge in [0.1, 0.15) is 11.0 Å². The Bertz CT molecular complexity index is 818. The predicted molar refractivity (Wildman–Crippen MR) is 82.6 cm³/mol. The van der Waals surface area contributed by atoms with Crippen LogP contribution >= 0.6 is 11.6 Å². The molecule has 3 rings (SSSR count). The summed E-state index contributed by atoms with van der Waals surface area (Å²) in [6.45, 7) is 0.0524. The molecular weight excluding hydrogens is 304 g/mol. The van der Waals surface area contributed by atoms with Crippen molar-refractivity contribution in [3.8, 4) is 0 Å². The number of aromatic amines is 1. The number of H-pyrrole nitrogens is 1. The maximum Gasteiger partial charge on any atom is 0.253 e. The SMILES string of the molecule is O=C(NC[C@H](O)c1ccccc1Cl)c1cccc2n[nH]nc12. The van der Waals surface area contributed by atoms with E-state index in [1.54, 1.807) is 42.5 Å². The molecule has 0 aliphatic heterocycles. The van der Waals surface area contributed by atoms with Crippen LogP contribution < -0.4 is 5.32 Å². The molecular formula is C15H13ClN4O2. The number of amides is 1. The number of aromatic nitrogens is 3. The number of rotatable bonds is 4. The fraction of sp³-hybridized carbons (Fsp3) is 0.133. The fourth-order valence-corrected chi connectivity index (χ4v) is 2.45. The molecule has 0 saturated carbocycles. The fourth-order valence-electron chi connectivity index (χ4n) is 2.19. The first-order valence-corrected chi connectivity index (χ1v) is 7.05. The van der Waals surface area contributed by atoms with E-state index in [1.807, 2.05) is 0 Å². The largest absolute Gasteiger partial charge is 0.387 e. The van der Waals surface area contributed by atoms with E-state index in [0.29, 0.717) is 27.2 Å². The van der Waals surface area contributed by atoms with Gasteiger partial charge in [-0.2, -0.15) is 15.4 Å². The maximum absolute atomic E-state index is 12.2. The van der Waals surface area contributed by atoms with Crippen molar-refractivity contribution in [3.05, 3.63) is 58.6 Å². The van der Waals surface area contributed by atoms with Crippen LogP contribution in [0.3, 0.4) is 0 Å². The predicted octanol–water partition coefficient (Wildman–Crippen LogP) is 2.07. The van der Waals surface area contributed by atoms with Crippen LogP contribution in [0.2, 0.25) is 5.02 Å². The first-order chi connectivity index (χ1) is 10.7. The third kappa shape index (κ3) is 2.79. The molecule has 2 aromatic carbocycles. The van der Waals surface area contributed by atoms with Crippen LogP contribution in [0.5, 0.6) is 0 Å². The van der Waals surface area contributed by atoms with Crippen LogP contribution in [0.1, 0.15) is 22.0 Å². The second-order valence-corrected chi connectivity index (χ2v) is 5.15. The average molecular weight is 317 g/mol. The van der Waals surface area contributed by atoms with Gasteiger partial charge in [-0.25, -0.2) is 0 Å². The summed E-state index contributed by atoms with van der Waals surface area (Å²) in [6.07, 6.45) is -0.880. The number of nitrogens with zero attached hydrogens (tertiary/aromatic N) is 2. The van der Waals surface area contributed by atoms with Gasteiger partial charge in [0.25, 0.3) is 5.91 Å². The van der Waals surface area contributed by atoms with E-state index in [4.69, 9.17) is 11.6 Å². The molecule has 1 heterocycles. The zero-order valence-corrected chi connectivity index (χ0v) is 12.2. The highest BCUT2D eigenvalue weighted by molar-refractivity contribution is 6.31. The number of carbonyl (C=O) groups is 1. The van der Waals surface area contributed by atoms with Gasteiger partial charge >= 0.3 is 0 Å². The molecule has 0 radical (unpaired) electrons. The molecule has 22 heavy (non-hydrogen) atoms. The van der Waals surface area contributed by atoms with Crippen molar-refractivity contribution in [1.82, 2.24) is 20.7 Å². The lowest BCUT2D eigenvalue weighted by molar-refractivity contribution is 0.0918. The molecule has 0 aliphatic rings. The van der Waals surface area contributed by atoms with Crippen molar-refractivity contribution in [1.29, 1.82) is 0 Å². The van der Waals surface area contributed by atoms with Gasteiger partial charge in [0.15, 0.2) is 0 Å². The lowest BCUT2D eigenvalue weighted by Gasteiger charge is -2.13. The summed E-state index contributed by atoms with van der Waals surface area (Å²) in [4.78, 5) is 12.2. The molecule has 1 atom stereocenters. The Morgan fingerprint density at radius 2 is 2.05 bits per heavy atom. The van der Waals surface area contributed by atoms with Gasteiger partial charge in [0.05, 0.1) is 11.7 Å². The van der Waals surface area contributed by atoms with Crippen LogP contribution in [-0.2, 0) is 0 Å². The summed E-state index contributed by atoms with van der Waals surface area (Å²) in [5.74, 6) is -0.328. The smallest absolute Gasteiger partial charge is 0.253 e. The topological polar surface area (TPSA) is 90.9 Å². The zero-order valence-electron chi connectivity index (χ0n) is 11.5. The van der Waals surface area contributed by atoms with E-state index in [-0.39, 0.29) is 12.5 Å². The molecule has 6 nitrogen and oxygen atoms in total. The van der Waals surface area contributed by atoms with Crippen LogP contribution in [0.15, 0.2) is 42.5 Å². The van der Waals surface area contributed by atoms with Crippen molar-refractivity contribution >= 4 is 28.5 Å². The number of halogens is 1. The zero-order chi connectivity index (χ0) is 15.5. The van der Waals surface area contributed by atoms with E-state index < -0.39 is 6.10 Å². The van der Waals surface area contributed by atoms with Gasteiger partial charge in [-0.15, -0.1) is 0 Å². The number of benzene rings is 2. The van der Waals surface area contributed by atoms with Crippen LogP contribution in [0.4, 0.5) is 0 Å². The molecule has 0 aliphatic carbocycles. The van der Waals surface area contributed by atoms with Crippen molar-refractivity contribution < 1.29 is 9.90 Å². The summed E-state index contributed by atoms with van der Waals surface area (Å²) in [5.41, 5.74) is 2.08. The Kier molecular flexibility index (Phi) is 4.04. The second kappa shape index (κ2) is 6.13. The van der Waals surface area contributed by atoms with Gasteiger partial charge in [-0.05, 0) is 18.2 Å². The maximum atomic E-state index is 12.2. The average Bonchev–Trinajstić information content (AvgIpc) is 3.01. The number of carbonyl (C=O) groups excluding carboxylic acids is 1. The molecule has 1 aromatic heterocycles. The molecule has 112 valence electrons. The van der Waals surface area contributed by atoms with Crippen LogP contribution in [-0.4, -0.2) is 33.0 Å². The molecule has 0 unspecified atom stereocenters. The number of aliphatic hydroxyl groups excluding tert-OH is 1. The summed E-state index contributed by atoms with van der Waals surface area (Å²) in [5, 5.41) is 23.7. The van der Waals surface area contributed by atoms with Crippen LogP contribution in [0.25, 0.3) is 11.0 Å². The quantitative estimate of drug-likeness (QED) is 0.687. The van der Waals surface area contributed by atoms with E-state index >= 15 is 0 Å². The summed E-state index contributed by atoms with van der Waals surface area (Å²) >= 11 is 6.02. The number of aliphatic hydroxyl groups is 1. The summed E-state index contributed by atoms with van der Waals surface area (Å²) in [7, 11) is 0. The molecule has 0 fully saturated rings. The van der Waals surface area contributed by atoms with Crippen molar-refractivity contribution in [2.24, 2.45) is 0 Å². The summed E-state index contributed by atoms with van der Waals surface area (Å²) in [6, 6.07) is 12.1. The number of hydrogen-bond acceptors (Lipinski definition) is 4. The number of fused-ring (bicyclic) bond motifs is 1. The highest BCUT2D eigenvalue weighted by Crippen LogP contribution is 2.22.